The van der Waals surface area contributed by atoms with Crippen LogP contribution in [-0.2, 0) is 6.54 Å². The fourth-order valence-corrected chi connectivity index (χ4v) is 3.48. The summed E-state index contributed by atoms with van der Waals surface area (Å²) in [7, 11) is 0. The molecule has 0 N–H and O–H groups in total. The molecule has 3 nitrogen and oxygen atoms in total. The second kappa shape index (κ2) is 5.16. The number of thiazole rings is 1. The van der Waals surface area contributed by atoms with Crippen LogP contribution in [0.4, 0.5) is 0 Å². The summed E-state index contributed by atoms with van der Waals surface area (Å²) in [4.78, 5) is 11.6. The SMILES string of the molecule is Cc1csc([C@H]2CCCN2Cc2ccccn2)n1. The highest BCUT2D eigenvalue weighted by molar-refractivity contribution is 7.09. The molecule has 3 heterocycles. The standard InChI is InChI=1S/C14H17N3S/c1-11-10-18-14(16-11)13-6-4-8-17(13)9-12-5-2-3-7-15-12/h2-3,5,7,10,13H,4,6,8-9H2,1H3/t13-/m1/s1. The molecule has 0 radical (unpaired) electrons. The van der Waals surface area contributed by atoms with Gasteiger partial charge in [0.2, 0.25) is 0 Å². The van der Waals surface area contributed by atoms with E-state index < -0.39 is 0 Å². The normalized spacial score (nSPS) is 20.4. The first kappa shape index (κ1) is 11.8. The van der Waals surface area contributed by atoms with Crippen molar-refractivity contribution in [3.63, 3.8) is 0 Å². The molecule has 1 saturated heterocycles. The van der Waals surface area contributed by atoms with Gasteiger partial charge in [0.05, 0.1) is 11.7 Å². The van der Waals surface area contributed by atoms with Crippen molar-refractivity contribution >= 4 is 11.3 Å². The van der Waals surface area contributed by atoms with Crippen LogP contribution in [0, 0.1) is 6.92 Å². The first-order chi connectivity index (χ1) is 8.83. The monoisotopic (exact) mass is 259 g/mol. The van der Waals surface area contributed by atoms with Gasteiger partial charge in [-0.15, -0.1) is 11.3 Å². The van der Waals surface area contributed by atoms with Crippen molar-refractivity contribution < 1.29 is 0 Å². The number of nitrogens with zero attached hydrogens (tertiary/aromatic N) is 3. The molecular formula is C14H17N3S. The van der Waals surface area contributed by atoms with Gasteiger partial charge in [-0.1, -0.05) is 6.07 Å². The predicted molar refractivity (Wildman–Crippen MR) is 73.5 cm³/mol. The van der Waals surface area contributed by atoms with Crippen LogP contribution in [0.15, 0.2) is 29.8 Å². The van der Waals surface area contributed by atoms with Crippen LogP contribution in [0.25, 0.3) is 0 Å². The van der Waals surface area contributed by atoms with E-state index in [2.05, 4.69) is 39.3 Å². The zero-order valence-electron chi connectivity index (χ0n) is 10.5. The highest BCUT2D eigenvalue weighted by Crippen LogP contribution is 2.34. The number of rotatable bonds is 3. The molecule has 2 aromatic heterocycles. The molecule has 1 fully saturated rings. The highest BCUT2D eigenvalue weighted by Gasteiger charge is 2.28. The molecule has 0 unspecified atom stereocenters. The van der Waals surface area contributed by atoms with Crippen molar-refractivity contribution in [2.24, 2.45) is 0 Å². The van der Waals surface area contributed by atoms with Crippen molar-refractivity contribution in [3.05, 3.63) is 46.2 Å². The highest BCUT2D eigenvalue weighted by atomic mass is 32.1. The molecule has 1 atom stereocenters. The third kappa shape index (κ3) is 2.44. The maximum absolute atomic E-state index is 4.64. The Morgan fingerprint density at radius 1 is 1.44 bits per heavy atom. The third-order valence-electron chi connectivity index (χ3n) is 3.38. The van der Waals surface area contributed by atoms with Crippen LogP contribution in [0.3, 0.4) is 0 Å². The van der Waals surface area contributed by atoms with Crippen LogP contribution in [0.2, 0.25) is 0 Å². The molecule has 1 aliphatic rings. The molecule has 0 aromatic carbocycles. The van der Waals surface area contributed by atoms with E-state index in [0.717, 1.165) is 24.5 Å². The zero-order valence-corrected chi connectivity index (χ0v) is 11.4. The Hall–Kier alpha value is -1.26. The second-order valence-corrected chi connectivity index (χ2v) is 5.67. The van der Waals surface area contributed by atoms with Gasteiger partial charge in [-0.3, -0.25) is 9.88 Å². The van der Waals surface area contributed by atoms with Gasteiger partial charge in [0.15, 0.2) is 0 Å². The largest absolute Gasteiger partial charge is 0.288 e. The quantitative estimate of drug-likeness (QED) is 0.847. The summed E-state index contributed by atoms with van der Waals surface area (Å²) in [6.45, 7) is 4.15. The van der Waals surface area contributed by atoms with Crippen LogP contribution in [0.1, 0.15) is 35.3 Å². The van der Waals surface area contributed by atoms with Gasteiger partial charge in [-0.2, -0.15) is 0 Å². The summed E-state index contributed by atoms with van der Waals surface area (Å²) in [6, 6.07) is 6.61. The average molecular weight is 259 g/mol. The van der Waals surface area contributed by atoms with E-state index >= 15 is 0 Å². The molecular weight excluding hydrogens is 242 g/mol. The Kier molecular flexibility index (Phi) is 3.39. The van der Waals surface area contributed by atoms with Gasteiger partial charge in [0.1, 0.15) is 5.01 Å². The predicted octanol–water partition coefficient (Wildman–Crippen LogP) is 3.18. The van der Waals surface area contributed by atoms with E-state index in [4.69, 9.17) is 0 Å². The minimum absolute atomic E-state index is 0.491. The summed E-state index contributed by atoms with van der Waals surface area (Å²) in [5.41, 5.74) is 2.29. The van der Waals surface area contributed by atoms with Crippen LogP contribution >= 0.6 is 11.3 Å². The lowest BCUT2D eigenvalue weighted by molar-refractivity contribution is 0.245. The lowest BCUT2D eigenvalue weighted by atomic mass is 10.2. The van der Waals surface area contributed by atoms with Crippen LogP contribution in [-0.4, -0.2) is 21.4 Å². The van der Waals surface area contributed by atoms with E-state index in [1.165, 1.54) is 17.8 Å². The van der Waals surface area contributed by atoms with Gasteiger partial charge in [0, 0.05) is 23.8 Å². The first-order valence-corrected chi connectivity index (χ1v) is 7.27. The average Bonchev–Trinajstić information content (AvgIpc) is 2.99. The van der Waals surface area contributed by atoms with E-state index in [1.807, 2.05) is 12.3 Å². The minimum atomic E-state index is 0.491. The van der Waals surface area contributed by atoms with Gasteiger partial charge in [-0.05, 0) is 38.4 Å². The Bertz CT molecular complexity index is 509. The summed E-state index contributed by atoms with van der Waals surface area (Å²) >= 11 is 1.79. The van der Waals surface area contributed by atoms with Gasteiger partial charge in [-0.25, -0.2) is 4.98 Å². The fraction of sp³-hybridized carbons (Fsp3) is 0.429. The van der Waals surface area contributed by atoms with E-state index in [-0.39, 0.29) is 0 Å². The van der Waals surface area contributed by atoms with Crippen LogP contribution in [0.5, 0.6) is 0 Å². The minimum Gasteiger partial charge on any atom is -0.288 e. The van der Waals surface area contributed by atoms with E-state index in [0.29, 0.717) is 6.04 Å². The van der Waals surface area contributed by atoms with Crippen LogP contribution < -0.4 is 0 Å². The smallest absolute Gasteiger partial charge is 0.110 e. The number of hydrogen-bond acceptors (Lipinski definition) is 4. The maximum Gasteiger partial charge on any atom is 0.110 e. The summed E-state index contributed by atoms with van der Waals surface area (Å²) in [5, 5.41) is 3.41. The van der Waals surface area contributed by atoms with Crippen molar-refractivity contribution in [2.75, 3.05) is 6.54 Å². The molecule has 0 spiro atoms. The molecule has 0 bridgehead atoms. The topological polar surface area (TPSA) is 29.0 Å². The van der Waals surface area contributed by atoms with Crippen molar-refractivity contribution in [1.29, 1.82) is 0 Å². The van der Waals surface area contributed by atoms with Crippen molar-refractivity contribution in [3.8, 4) is 0 Å². The molecule has 0 amide bonds. The van der Waals surface area contributed by atoms with Gasteiger partial charge >= 0.3 is 0 Å². The van der Waals surface area contributed by atoms with Gasteiger partial charge < -0.3 is 0 Å². The molecule has 0 saturated carbocycles. The third-order valence-corrected chi connectivity index (χ3v) is 4.44. The molecule has 4 heteroatoms. The summed E-state index contributed by atoms with van der Waals surface area (Å²) in [6.07, 6.45) is 4.35. The molecule has 94 valence electrons. The lowest BCUT2D eigenvalue weighted by Crippen LogP contribution is -2.23. The summed E-state index contributed by atoms with van der Waals surface area (Å²) in [5.74, 6) is 0. The lowest BCUT2D eigenvalue weighted by Gasteiger charge is -2.22. The Balaban J connectivity index is 1.75. The Morgan fingerprint density at radius 2 is 2.39 bits per heavy atom. The molecule has 3 rings (SSSR count). The summed E-state index contributed by atoms with van der Waals surface area (Å²) < 4.78 is 0. The van der Waals surface area contributed by atoms with Crippen molar-refractivity contribution in [1.82, 2.24) is 14.9 Å². The number of aromatic nitrogens is 2. The number of likely N-dealkylation sites (tertiary alicyclic amines) is 1. The zero-order chi connectivity index (χ0) is 12.4. The fourth-order valence-electron chi connectivity index (χ4n) is 2.52. The number of hydrogen-bond donors (Lipinski definition) is 0. The van der Waals surface area contributed by atoms with Gasteiger partial charge in [0.25, 0.3) is 0 Å². The molecule has 0 aliphatic carbocycles. The van der Waals surface area contributed by atoms with Crippen molar-refractivity contribution in [2.45, 2.75) is 32.4 Å². The molecule has 2 aromatic rings. The molecule has 18 heavy (non-hydrogen) atoms. The Morgan fingerprint density at radius 3 is 3.11 bits per heavy atom. The number of aryl methyl sites for hydroxylation is 1. The Labute approximate surface area is 112 Å². The maximum atomic E-state index is 4.64. The number of pyridine rings is 1. The molecule has 1 aliphatic heterocycles. The van der Waals surface area contributed by atoms with E-state index in [9.17, 15) is 0 Å². The second-order valence-electron chi connectivity index (χ2n) is 4.78. The van der Waals surface area contributed by atoms with E-state index in [1.54, 1.807) is 11.3 Å². The first-order valence-electron chi connectivity index (χ1n) is 6.39.